The van der Waals surface area contributed by atoms with Crippen LogP contribution in [0.4, 0.5) is 10.1 Å². The highest BCUT2D eigenvalue weighted by Crippen LogP contribution is 2.22. The highest BCUT2D eigenvalue weighted by molar-refractivity contribution is 5.57. The molecule has 15 heavy (non-hydrogen) atoms. The molecule has 3 heteroatoms. The predicted molar refractivity (Wildman–Crippen MR) is 60.9 cm³/mol. The molecule has 2 nitrogen and oxygen atoms in total. The number of hydrogen-bond donors (Lipinski definition) is 1. The van der Waals surface area contributed by atoms with Crippen molar-refractivity contribution in [3.8, 4) is 0 Å². The van der Waals surface area contributed by atoms with E-state index in [0.717, 1.165) is 29.8 Å². The van der Waals surface area contributed by atoms with Crippen molar-refractivity contribution < 1.29 is 9.13 Å². The molecule has 0 unspecified atom stereocenters. The maximum Gasteiger partial charge on any atom is 0.123 e. The molecule has 84 valence electrons. The van der Waals surface area contributed by atoms with Gasteiger partial charge in [0.1, 0.15) is 5.82 Å². The minimum absolute atomic E-state index is 0.165. The SMILES string of the molecule is CCc1cc(F)cc(C)c1NCCOC. The summed E-state index contributed by atoms with van der Waals surface area (Å²) < 4.78 is 18.1. The first-order valence-corrected chi connectivity index (χ1v) is 5.20. The molecular formula is C12H18FNO. The molecule has 0 aliphatic rings. The number of aryl methyl sites for hydroxylation is 2. The lowest BCUT2D eigenvalue weighted by Crippen LogP contribution is -2.10. The fourth-order valence-electron chi connectivity index (χ4n) is 1.62. The molecule has 0 amide bonds. The normalized spacial score (nSPS) is 10.4. The van der Waals surface area contributed by atoms with Crippen molar-refractivity contribution in [2.24, 2.45) is 0 Å². The van der Waals surface area contributed by atoms with Gasteiger partial charge in [-0.05, 0) is 36.6 Å². The molecule has 1 N–H and O–H groups in total. The van der Waals surface area contributed by atoms with E-state index in [1.807, 2.05) is 13.8 Å². The van der Waals surface area contributed by atoms with E-state index in [-0.39, 0.29) is 5.82 Å². The van der Waals surface area contributed by atoms with Gasteiger partial charge in [0.15, 0.2) is 0 Å². The van der Waals surface area contributed by atoms with Crippen molar-refractivity contribution in [1.29, 1.82) is 0 Å². The van der Waals surface area contributed by atoms with E-state index in [1.165, 1.54) is 0 Å². The first-order chi connectivity index (χ1) is 7.19. The maximum atomic E-state index is 13.1. The van der Waals surface area contributed by atoms with Crippen molar-refractivity contribution in [3.63, 3.8) is 0 Å². The predicted octanol–water partition coefficient (Wildman–Crippen LogP) is 2.75. The molecule has 1 aromatic rings. The monoisotopic (exact) mass is 211 g/mol. The number of halogens is 1. The second-order valence-electron chi connectivity index (χ2n) is 3.53. The average Bonchev–Trinajstić information content (AvgIpc) is 2.20. The molecule has 0 aromatic heterocycles. The molecule has 0 saturated carbocycles. The van der Waals surface area contributed by atoms with Gasteiger partial charge in [-0.1, -0.05) is 6.92 Å². The van der Waals surface area contributed by atoms with Crippen LogP contribution in [0.2, 0.25) is 0 Å². The number of anilines is 1. The number of rotatable bonds is 5. The molecule has 0 aliphatic heterocycles. The number of methoxy groups -OCH3 is 1. The topological polar surface area (TPSA) is 21.3 Å². The molecule has 1 aromatic carbocycles. The van der Waals surface area contributed by atoms with Gasteiger partial charge in [-0.2, -0.15) is 0 Å². The zero-order valence-electron chi connectivity index (χ0n) is 9.56. The average molecular weight is 211 g/mol. The first-order valence-electron chi connectivity index (χ1n) is 5.20. The van der Waals surface area contributed by atoms with E-state index in [0.29, 0.717) is 6.61 Å². The molecule has 0 radical (unpaired) electrons. The Bertz CT molecular complexity index is 326. The molecule has 0 spiro atoms. The van der Waals surface area contributed by atoms with Crippen LogP contribution in [0.25, 0.3) is 0 Å². The largest absolute Gasteiger partial charge is 0.383 e. The Morgan fingerprint density at radius 3 is 2.73 bits per heavy atom. The van der Waals surface area contributed by atoms with Gasteiger partial charge in [0, 0.05) is 19.3 Å². The zero-order valence-corrected chi connectivity index (χ0v) is 9.56. The van der Waals surface area contributed by atoms with Gasteiger partial charge < -0.3 is 10.1 Å². The highest BCUT2D eigenvalue weighted by atomic mass is 19.1. The van der Waals surface area contributed by atoms with E-state index in [4.69, 9.17) is 4.74 Å². The Hall–Kier alpha value is -1.09. The van der Waals surface area contributed by atoms with Crippen molar-refractivity contribution >= 4 is 5.69 Å². The van der Waals surface area contributed by atoms with E-state index < -0.39 is 0 Å². The smallest absolute Gasteiger partial charge is 0.123 e. The Morgan fingerprint density at radius 1 is 1.40 bits per heavy atom. The number of ether oxygens (including phenoxy) is 1. The van der Waals surface area contributed by atoms with Gasteiger partial charge in [-0.25, -0.2) is 4.39 Å². The van der Waals surface area contributed by atoms with Crippen LogP contribution < -0.4 is 5.32 Å². The molecule has 0 fully saturated rings. The minimum atomic E-state index is -0.165. The first kappa shape index (κ1) is 12.0. The van der Waals surface area contributed by atoms with E-state index in [2.05, 4.69) is 5.32 Å². The van der Waals surface area contributed by atoms with Crippen molar-refractivity contribution in [1.82, 2.24) is 0 Å². The van der Waals surface area contributed by atoms with Gasteiger partial charge in [-0.3, -0.25) is 0 Å². The lowest BCUT2D eigenvalue weighted by atomic mass is 10.1. The Labute approximate surface area is 90.4 Å². The third kappa shape index (κ3) is 3.20. The summed E-state index contributed by atoms with van der Waals surface area (Å²) in [6.45, 7) is 5.34. The van der Waals surface area contributed by atoms with Crippen molar-refractivity contribution in [2.75, 3.05) is 25.6 Å². The van der Waals surface area contributed by atoms with Crippen LogP contribution in [0.1, 0.15) is 18.1 Å². The van der Waals surface area contributed by atoms with E-state index >= 15 is 0 Å². The molecule has 0 aliphatic carbocycles. The molecule has 1 rings (SSSR count). The van der Waals surface area contributed by atoms with Crippen LogP contribution in [0.5, 0.6) is 0 Å². The standard InChI is InChI=1S/C12H18FNO/c1-4-10-8-11(13)7-9(2)12(10)14-5-6-15-3/h7-8,14H,4-6H2,1-3H3. The molecular weight excluding hydrogens is 193 g/mol. The fraction of sp³-hybridized carbons (Fsp3) is 0.500. The van der Waals surface area contributed by atoms with Gasteiger partial charge in [0.05, 0.1) is 6.61 Å². The van der Waals surface area contributed by atoms with Crippen molar-refractivity contribution in [2.45, 2.75) is 20.3 Å². The lowest BCUT2D eigenvalue weighted by molar-refractivity contribution is 0.210. The summed E-state index contributed by atoms with van der Waals surface area (Å²) in [6, 6.07) is 3.14. The Kier molecular flexibility index (Phi) is 4.56. The summed E-state index contributed by atoms with van der Waals surface area (Å²) in [7, 11) is 1.67. The van der Waals surface area contributed by atoms with Gasteiger partial charge in [0.2, 0.25) is 0 Å². The third-order valence-corrected chi connectivity index (χ3v) is 2.37. The van der Waals surface area contributed by atoms with Gasteiger partial charge >= 0.3 is 0 Å². The summed E-state index contributed by atoms with van der Waals surface area (Å²) in [5, 5.41) is 3.27. The van der Waals surface area contributed by atoms with Gasteiger partial charge in [0.25, 0.3) is 0 Å². The molecule has 0 bridgehead atoms. The van der Waals surface area contributed by atoms with Crippen LogP contribution in [-0.4, -0.2) is 20.3 Å². The zero-order chi connectivity index (χ0) is 11.3. The van der Waals surface area contributed by atoms with Crippen LogP contribution in [0.15, 0.2) is 12.1 Å². The minimum Gasteiger partial charge on any atom is -0.383 e. The summed E-state index contributed by atoms with van der Waals surface area (Å²) in [6.07, 6.45) is 0.827. The van der Waals surface area contributed by atoms with E-state index in [1.54, 1.807) is 19.2 Å². The fourth-order valence-corrected chi connectivity index (χ4v) is 1.62. The number of benzene rings is 1. The molecule has 0 saturated heterocycles. The van der Waals surface area contributed by atoms with Crippen LogP contribution >= 0.6 is 0 Å². The lowest BCUT2D eigenvalue weighted by Gasteiger charge is -2.14. The summed E-state index contributed by atoms with van der Waals surface area (Å²) in [5.74, 6) is -0.165. The second-order valence-corrected chi connectivity index (χ2v) is 3.53. The van der Waals surface area contributed by atoms with E-state index in [9.17, 15) is 4.39 Å². The Morgan fingerprint density at radius 2 is 2.13 bits per heavy atom. The quantitative estimate of drug-likeness (QED) is 0.756. The Balaban J connectivity index is 2.84. The second kappa shape index (κ2) is 5.71. The molecule has 0 atom stereocenters. The van der Waals surface area contributed by atoms with Crippen LogP contribution in [0, 0.1) is 12.7 Å². The number of hydrogen-bond acceptors (Lipinski definition) is 2. The summed E-state index contributed by atoms with van der Waals surface area (Å²) >= 11 is 0. The number of nitrogens with one attached hydrogen (secondary N) is 1. The molecule has 0 heterocycles. The van der Waals surface area contributed by atoms with Gasteiger partial charge in [-0.15, -0.1) is 0 Å². The third-order valence-electron chi connectivity index (χ3n) is 2.37. The van der Waals surface area contributed by atoms with Crippen LogP contribution in [-0.2, 0) is 11.2 Å². The summed E-state index contributed by atoms with van der Waals surface area (Å²) in [4.78, 5) is 0. The highest BCUT2D eigenvalue weighted by Gasteiger charge is 2.06. The van der Waals surface area contributed by atoms with Crippen LogP contribution in [0.3, 0.4) is 0 Å². The van der Waals surface area contributed by atoms with Crippen molar-refractivity contribution in [3.05, 3.63) is 29.1 Å². The maximum absolute atomic E-state index is 13.1. The summed E-state index contributed by atoms with van der Waals surface area (Å²) in [5.41, 5.74) is 3.00.